The molecule has 2 N–H and O–H groups in total. The average Bonchev–Trinajstić information content (AvgIpc) is 3.20. The quantitative estimate of drug-likeness (QED) is 0.734. The zero-order valence-electron chi connectivity index (χ0n) is 21.5. The molecule has 0 aromatic carbocycles. The minimum atomic E-state index is -3.25. The molecule has 0 saturated heterocycles. The number of ketones is 2. The van der Waals surface area contributed by atoms with Crippen molar-refractivity contribution in [3.63, 3.8) is 0 Å². The van der Waals surface area contributed by atoms with E-state index in [9.17, 15) is 19.8 Å². The second-order valence-electron chi connectivity index (χ2n) is 9.68. The smallest absolute Gasteiger partial charge is 0.190 e. The monoisotopic (exact) mass is 404 g/mol. The summed E-state index contributed by atoms with van der Waals surface area (Å²) >= 11 is 0. The van der Waals surface area contributed by atoms with Gasteiger partial charge in [-0.2, -0.15) is 0 Å². The topological polar surface area (TPSA) is 96.2 Å². The van der Waals surface area contributed by atoms with Crippen LogP contribution in [0.25, 0.3) is 0 Å². The summed E-state index contributed by atoms with van der Waals surface area (Å²) < 4.78 is 44.5. The van der Waals surface area contributed by atoms with Gasteiger partial charge in [0.1, 0.15) is 12.7 Å². The maximum atomic E-state index is 13.5. The predicted octanol–water partition coefficient (Wildman–Crippen LogP) is 1.99. The summed E-state index contributed by atoms with van der Waals surface area (Å²) in [5.41, 5.74) is -2.66. The molecule has 29 heavy (non-hydrogen) atoms. The zero-order valence-corrected chi connectivity index (χ0v) is 16.5. The lowest BCUT2D eigenvalue weighted by molar-refractivity contribution is -0.146. The third-order valence-electron chi connectivity index (χ3n) is 8.67. The summed E-state index contributed by atoms with van der Waals surface area (Å²) in [7, 11) is 0. The summed E-state index contributed by atoms with van der Waals surface area (Å²) in [6, 6.07) is 0. The maximum Gasteiger partial charge on any atom is 0.190 e. The zero-order chi connectivity index (χ0) is 25.1. The van der Waals surface area contributed by atoms with Crippen molar-refractivity contribution in [2.24, 2.45) is 33.6 Å². The van der Waals surface area contributed by atoms with E-state index in [0.29, 0.717) is 12.8 Å². The summed E-state index contributed by atoms with van der Waals surface area (Å²) in [6.45, 7) is -2.24. The Hall–Kier alpha value is -1.79. The standard InChI is InChI=1S/C23H29NO5/c1-12-24-23(18(28)11-25)19(29-12)9-16-15-5-4-13-8-14(26)6-7-21(13,2)20(15)17(27)10-22(16,23)3/h6-8,15-17,19-20,25,27H,4-5,9-11H2,1-3H3/t15?,16?,17-,19+,20?,21-,22-,23+/m0/s1/i1D3,11D2. The van der Waals surface area contributed by atoms with E-state index in [-0.39, 0.29) is 36.4 Å². The molecule has 0 radical (unpaired) electrons. The highest BCUT2D eigenvalue weighted by Crippen LogP contribution is 2.69. The number of aliphatic imine (C=N–C) groups is 1. The van der Waals surface area contributed by atoms with Gasteiger partial charge < -0.3 is 14.9 Å². The number of ether oxygens (including phenoxy) is 1. The summed E-state index contributed by atoms with van der Waals surface area (Å²) in [4.78, 5) is 29.7. The van der Waals surface area contributed by atoms with Crippen LogP contribution in [-0.2, 0) is 14.3 Å². The molecule has 156 valence electrons. The molecule has 3 saturated carbocycles. The van der Waals surface area contributed by atoms with Crippen molar-refractivity contribution in [1.82, 2.24) is 0 Å². The van der Waals surface area contributed by atoms with Crippen LogP contribution >= 0.6 is 0 Å². The van der Waals surface area contributed by atoms with Crippen molar-refractivity contribution >= 4 is 17.5 Å². The first kappa shape index (κ1) is 14.3. The molecule has 3 unspecified atom stereocenters. The van der Waals surface area contributed by atoms with E-state index < -0.39 is 53.7 Å². The Morgan fingerprint density at radius 3 is 3.00 bits per heavy atom. The van der Waals surface area contributed by atoms with Crippen LogP contribution in [0.1, 0.15) is 53.2 Å². The van der Waals surface area contributed by atoms with Gasteiger partial charge in [-0.05, 0) is 49.7 Å². The van der Waals surface area contributed by atoms with Crippen LogP contribution in [0.15, 0.2) is 28.8 Å². The number of aliphatic hydroxyl groups is 2. The SMILES string of the molecule is [2H]C([2H])([2H])C1=N[C@]2(C(=O)C([2H])([2H])O)[C@@H](CC3C4CCC5=CC(=O)C=C[C@]5(C)C4[C@@H](O)C[C@@]32C)O1. The Balaban J connectivity index is 1.64. The van der Waals surface area contributed by atoms with Gasteiger partial charge >= 0.3 is 0 Å². The van der Waals surface area contributed by atoms with E-state index in [2.05, 4.69) is 4.99 Å². The number of rotatable bonds is 2. The highest BCUT2D eigenvalue weighted by Gasteiger charge is 2.74. The highest BCUT2D eigenvalue weighted by atomic mass is 16.5. The molecule has 1 heterocycles. The molecule has 0 aromatic heterocycles. The van der Waals surface area contributed by atoms with Gasteiger partial charge in [0, 0.05) is 27.7 Å². The predicted molar refractivity (Wildman–Crippen MR) is 106 cm³/mol. The number of Topliss-reactive ketones (excluding diaryl/α,β-unsaturated/α-hetero) is 1. The fourth-order valence-corrected chi connectivity index (χ4v) is 7.51. The molecule has 5 rings (SSSR count). The first-order valence-corrected chi connectivity index (χ1v) is 10.2. The van der Waals surface area contributed by atoms with Crippen molar-refractivity contribution < 1.29 is 31.4 Å². The molecule has 6 heteroatoms. The maximum absolute atomic E-state index is 13.5. The fourth-order valence-electron chi connectivity index (χ4n) is 7.51. The Morgan fingerprint density at radius 2 is 2.28 bits per heavy atom. The third kappa shape index (κ3) is 2.17. The fraction of sp³-hybridized carbons (Fsp3) is 0.696. The summed E-state index contributed by atoms with van der Waals surface area (Å²) in [5.74, 6) is -2.48. The molecule has 5 aliphatic rings. The van der Waals surface area contributed by atoms with Crippen LogP contribution in [0, 0.1) is 28.6 Å². The number of hydrogen-bond donors (Lipinski definition) is 2. The lowest BCUT2D eigenvalue weighted by Crippen LogP contribution is -2.62. The number of aliphatic hydroxyl groups excluding tert-OH is 1. The first-order valence-electron chi connectivity index (χ1n) is 12.7. The number of carbonyl (C=O) groups is 2. The Labute approximate surface area is 177 Å². The molecule has 6 nitrogen and oxygen atoms in total. The van der Waals surface area contributed by atoms with Gasteiger partial charge in [0.2, 0.25) is 0 Å². The lowest BCUT2D eigenvalue weighted by Gasteiger charge is -2.59. The molecule has 4 aliphatic carbocycles. The molecule has 1 aliphatic heterocycles. The number of nitrogens with zero attached hydrogens (tertiary/aromatic N) is 1. The van der Waals surface area contributed by atoms with Crippen LogP contribution < -0.4 is 0 Å². The Kier molecular flexibility index (Phi) is 2.89. The van der Waals surface area contributed by atoms with Gasteiger partial charge in [0.05, 0.1) is 8.85 Å². The molecule has 0 bridgehead atoms. The minimum absolute atomic E-state index is 0.0585. The second kappa shape index (κ2) is 5.88. The Bertz CT molecular complexity index is 1060. The van der Waals surface area contributed by atoms with Gasteiger partial charge in [-0.3, -0.25) is 9.59 Å². The van der Waals surface area contributed by atoms with Crippen LogP contribution in [0.5, 0.6) is 0 Å². The normalized spacial score (nSPS) is 53.4. The van der Waals surface area contributed by atoms with Crippen LogP contribution in [-0.4, -0.2) is 52.0 Å². The van der Waals surface area contributed by atoms with Crippen molar-refractivity contribution in [2.45, 2.75) is 64.1 Å². The molecule has 3 fully saturated rings. The summed E-state index contributed by atoms with van der Waals surface area (Å²) in [6.07, 6.45) is 4.67. The van der Waals surface area contributed by atoms with E-state index in [1.807, 2.05) is 13.0 Å². The highest BCUT2D eigenvalue weighted by molar-refractivity contribution is 6.01. The molecule has 8 atom stereocenters. The Morgan fingerprint density at radius 1 is 1.48 bits per heavy atom. The van der Waals surface area contributed by atoms with Crippen molar-refractivity contribution in [1.29, 1.82) is 0 Å². The van der Waals surface area contributed by atoms with Gasteiger partial charge in [0.15, 0.2) is 23.0 Å². The van der Waals surface area contributed by atoms with E-state index in [4.69, 9.17) is 11.6 Å². The summed E-state index contributed by atoms with van der Waals surface area (Å²) in [5, 5.41) is 21.6. The number of carbonyl (C=O) groups excluding carboxylic acids is 2. The van der Waals surface area contributed by atoms with Crippen molar-refractivity contribution in [3.8, 4) is 0 Å². The van der Waals surface area contributed by atoms with Crippen molar-refractivity contribution in [2.75, 3.05) is 6.56 Å². The van der Waals surface area contributed by atoms with Crippen LogP contribution in [0.3, 0.4) is 0 Å². The van der Waals surface area contributed by atoms with E-state index in [1.165, 1.54) is 6.08 Å². The lowest BCUT2D eigenvalue weighted by atomic mass is 9.46. The van der Waals surface area contributed by atoms with Gasteiger partial charge in [-0.15, -0.1) is 0 Å². The van der Waals surface area contributed by atoms with Gasteiger partial charge in [-0.25, -0.2) is 4.99 Å². The molecule has 0 amide bonds. The number of allylic oxidation sites excluding steroid dienone is 4. The van der Waals surface area contributed by atoms with Gasteiger partial charge in [-0.1, -0.05) is 25.5 Å². The number of hydrogen-bond acceptors (Lipinski definition) is 6. The number of fused-ring (bicyclic) bond motifs is 7. The van der Waals surface area contributed by atoms with E-state index >= 15 is 0 Å². The van der Waals surface area contributed by atoms with Gasteiger partial charge in [0.25, 0.3) is 0 Å². The van der Waals surface area contributed by atoms with Crippen LogP contribution in [0.2, 0.25) is 0 Å². The van der Waals surface area contributed by atoms with Crippen molar-refractivity contribution in [3.05, 3.63) is 23.8 Å². The molecule has 0 aromatic rings. The van der Waals surface area contributed by atoms with E-state index in [1.54, 1.807) is 13.0 Å². The molecular weight excluding hydrogens is 370 g/mol. The van der Waals surface area contributed by atoms with Crippen LogP contribution in [0.4, 0.5) is 0 Å². The molecule has 0 spiro atoms. The molecular formula is C23H29NO5. The minimum Gasteiger partial charge on any atom is -0.475 e. The second-order valence-corrected chi connectivity index (χ2v) is 9.68. The largest absolute Gasteiger partial charge is 0.475 e. The average molecular weight is 405 g/mol. The first-order chi connectivity index (χ1) is 15.6. The van der Waals surface area contributed by atoms with E-state index in [0.717, 1.165) is 5.57 Å². The third-order valence-corrected chi connectivity index (χ3v) is 8.67.